The molecule has 3 rings (SSSR count). The lowest BCUT2D eigenvalue weighted by Crippen LogP contribution is -2.45. The smallest absolute Gasteiger partial charge is 0.179 e. The highest BCUT2D eigenvalue weighted by Crippen LogP contribution is 2.36. The molecule has 0 amide bonds. The predicted molar refractivity (Wildman–Crippen MR) is 171 cm³/mol. The fourth-order valence-electron chi connectivity index (χ4n) is 4.31. The first-order chi connectivity index (χ1) is 21.0. The Hall–Kier alpha value is -3.93. The molecule has 0 unspecified atom stereocenters. The highest BCUT2D eigenvalue weighted by molar-refractivity contribution is 7.91. The van der Waals surface area contributed by atoms with E-state index in [-0.39, 0.29) is 36.0 Å². The van der Waals surface area contributed by atoms with Crippen molar-refractivity contribution in [1.29, 1.82) is 5.26 Å². The summed E-state index contributed by atoms with van der Waals surface area (Å²) in [5, 5.41) is 43.3. The molecule has 1 aromatic heterocycles. The SMILES string of the molecule is Cc1c(C#N)c(NCCOCCO)nc(Nc2ccccc2)c1N=Nc1ccc(S(=O)(=O)CCN(CCO)C(C)(C)C)cc1. The average molecular weight is 624 g/mol. The Balaban J connectivity index is 1.87. The van der Waals surface area contributed by atoms with Crippen LogP contribution in [-0.4, -0.2) is 85.9 Å². The Morgan fingerprint density at radius 3 is 2.30 bits per heavy atom. The third kappa shape index (κ3) is 9.80. The summed E-state index contributed by atoms with van der Waals surface area (Å²) >= 11 is 0. The number of benzene rings is 2. The molecule has 1 heterocycles. The van der Waals surface area contributed by atoms with Crippen LogP contribution >= 0.6 is 0 Å². The maximum absolute atomic E-state index is 13.0. The van der Waals surface area contributed by atoms with Crippen molar-refractivity contribution in [1.82, 2.24) is 9.88 Å². The standard InChI is InChI=1S/C31H41N7O5S/c1-23-27(22-32)29(33-14-19-43-20-18-40)35-30(34-24-8-6-5-7-9-24)28(23)37-36-25-10-12-26(13-11-25)44(41,42)21-16-38(15-17-39)31(2,3)4/h5-13,39-40H,14-21H2,1-4H3,(H2,33,34,35). The van der Waals surface area contributed by atoms with Crippen LogP contribution in [0.25, 0.3) is 0 Å². The minimum atomic E-state index is -3.57. The summed E-state index contributed by atoms with van der Waals surface area (Å²) < 4.78 is 31.4. The predicted octanol–water partition coefficient (Wildman–Crippen LogP) is 4.71. The largest absolute Gasteiger partial charge is 0.395 e. The van der Waals surface area contributed by atoms with E-state index in [2.05, 4.69) is 31.9 Å². The van der Waals surface area contributed by atoms with Crippen LogP contribution in [0.2, 0.25) is 0 Å². The molecule has 0 aliphatic carbocycles. The number of hydrogen-bond donors (Lipinski definition) is 4. The number of aliphatic hydroxyl groups excluding tert-OH is 2. The number of aromatic nitrogens is 1. The molecule has 236 valence electrons. The van der Waals surface area contributed by atoms with Crippen molar-refractivity contribution in [2.45, 2.75) is 38.1 Å². The number of nitrogens with one attached hydrogen (secondary N) is 2. The third-order valence-electron chi connectivity index (χ3n) is 6.75. The molecule has 2 aromatic carbocycles. The van der Waals surface area contributed by atoms with Gasteiger partial charge in [-0.3, -0.25) is 4.90 Å². The van der Waals surface area contributed by atoms with E-state index in [1.54, 1.807) is 19.1 Å². The second-order valence-corrected chi connectivity index (χ2v) is 13.0. The van der Waals surface area contributed by atoms with Crippen molar-refractivity contribution >= 4 is 38.5 Å². The lowest BCUT2D eigenvalue weighted by atomic mass is 10.1. The second-order valence-electron chi connectivity index (χ2n) is 10.9. The van der Waals surface area contributed by atoms with Crippen LogP contribution in [0.3, 0.4) is 0 Å². The summed E-state index contributed by atoms with van der Waals surface area (Å²) in [5.74, 6) is 0.643. The Labute approximate surface area is 259 Å². The van der Waals surface area contributed by atoms with E-state index >= 15 is 0 Å². The van der Waals surface area contributed by atoms with Gasteiger partial charge >= 0.3 is 0 Å². The second kappa shape index (κ2) is 16.2. The molecule has 0 fully saturated rings. The third-order valence-corrected chi connectivity index (χ3v) is 8.46. The lowest BCUT2D eigenvalue weighted by Gasteiger charge is -2.35. The van der Waals surface area contributed by atoms with E-state index in [1.807, 2.05) is 56.0 Å². The van der Waals surface area contributed by atoms with Gasteiger partial charge in [0.25, 0.3) is 0 Å². The Morgan fingerprint density at radius 2 is 1.68 bits per heavy atom. The molecule has 12 nitrogen and oxygen atoms in total. The number of pyridine rings is 1. The van der Waals surface area contributed by atoms with E-state index in [0.717, 1.165) is 5.69 Å². The highest BCUT2D eigenvalue weighted by Gasteiger charge is 2.24. The number of nitrogens with zero attached hydrogens (tertiary/aromatic N) is 5. The topological polar surface area (TPSA) is 173 Å². The van der Waals surface area contributed by atoms with Crippen LogP contribution in [-0.2, 0) is 14.6 Å². The van der Waals surface area contributed by atoms with Gasteiger partial charge in [0.05, 0.1) is 48.3 Å². The van der Waals surface area contributed by atoms with Crippen LogP contribution < -0.4 is 10.6 Å². The molecule has 3 aromatic rings. The van der Waals surface area contributed by atoms with Crippen molar-refractivity contribution in [2.75, 3.05) is 62.4 Å². The van der Waals surface area contributed by atoms with Crippen LogP contribution in [0.1, 0.15) is 31.9 Å². The number of β-amino-alcohol motifs (C(OH)–C–C–N with tert-alkyl or cyclic N) is 1. The van der Waals surface area contributed by atoms with Gasteiger partial charge in [-0.25, -0.2) is 13.4 Å². The van der Waals surface area contributed by atoms with E-state index in [1.165, 1.54) is 12.1 Å². The van der Waals surface area contributed by atoms with Crippen LogP contribution in [0, 0.1) is 18.3 Å². The van der Waals surface area contributed by atoms with Gasteiger partial charge in [0, 0.05) is 36.4 Å². The summed E-state index contributed by atoms with van der Waals surface area (Å²) in [5.41, 5.74) is 2.11. The number of anilines is 3. The molecule has 13 heteroatoms. The number of aliphatic hydroxyl groups is 2. The summed E-state index contributed by atoms with van der Waals surface area (Å²) in [4.78, 5) is 6.75. The van der Waals surface area contributed by atoms with Crippen molar-refractivity contribution in [2.24, 2.45) is 10.2 Å². The first-order valence-corrected chi connectivity index (χ1v) is 15.9. The monoisotopic (exact) mass is 623 g/mol. The normalized spacial score (nSPS) is 12.0. The molecule has 0 spiro atoms. The number of sulfone groups is 1. The van der Waals surface area contributed by atoms with Gasteiger partial charge in [-0.15, -0.1) is 5.11 Å². The molecule has 0 atom stereocenters. The maximum atomic E-state index is 13.0. The Bertz CT molecular complexity index is 1530. The fourth-order valence-corrected chi connectivity index (χ4v) is 5.56. The number of para-hydroxylation sites is 1. The van der Waals surface area contributed by atoms with Gasteiger partial charge < -0.3 is 25.6 Å². The van der Waals surface area contributed by atoms with Crippen molar-refractivity contribution in [3.8, 4) is 6.07 Å². The van der Waals surface area contributed by atoms with Gasteiger partial charge in [-0.05, 0) is 64.1 Å². The van der Waals surface area contributed by atoms with Crippen LogP contribution in [0.15, 0.2) is 69.7 Å². The van der Waals surface area contributed by atoms with E-state index in [9.17, 15) is 18.8 Å². The first-order valence-electron chi connectivity index (χ1n) is 14.3. The minimum Gasteiger partial charge on any atom is -0.395 e. The molecule has 0 saturated heterocycles. The molecule has 0 bridgehead atoms. The molecule has 4 N–H and O–H groups in total. The van der Waals surface area contributed by atoms with Gasteiger partial charge in [0.15, 0.2) is 15.7 Å². The molecule has 0 aliphatic rings. The zero-order valence-corrected chi connectivity index (χ0v) is 26.4. The highest BCUT2D eigenvalue weighted by atomic mass is 32.2. The summed E-state index contributed by atoms with van der Waals surface area (Å²) in [6, 6.07) is 17.7. The molecule has 0 saturated carbocycles. The molecule has 44 heavy (non-hydrogen) atoms. The van der Waals surface area contributed by atoms with E-state index < -0.39 is 9.84 Å². The number of nitriles is 1. The van der Waals surface area contributed by atoms with Gasteiger partial charge in [-0.1, -0.05) is 18.2 Å². The van der Waals surface area contributed by atoms with Crippen molar-refractivity contribution in [3.05, 3.63) is 65.7 Å². The van der Waals surface area contributed by atoms with Crippen molar-refractivity contribution in [3.63, 3.8) is 0 Å². The Kier molecular flexibility index (Phi) is 12.7. The summed E-state index contributed by atoms with van der Waals surface area (Å²) in [6.45, 7) is 9.15. The maximum Gasteiger partial charge on any atom is 0.179 e. The zero-order chi connectivity index (χ0) is 32.2. The quantitative estimate of drug-likeness (QED) is 0.129. The average Bonchev–Trinajstić information content (AvgIpc) is 2.99. The van der Waals surface area contributed by atoms with Gasteiger partial charge in [0.1, 0.15) is 17.6 Å². The number of hydrogen-bond acceptors (Lipinski definition) is 12. The van der Waals surface area contributed by atoms with E-state index in [0.29, 0.717) is 60.4 Å². The number of azo groups is 1. The summed E-state index contributed by atoms with van der Waals surface area (Å²) in [6.07, 6.45) is 0. The Morgan fingerprint density at radius 1 is 0.977 bits per heavy atom. The van der Waals surface area contributed by atoms with Crippen LogP contribution in [0.5, 0.6) is 0 Å². The molecule has 0 aliphatic heterocycles. The minimum absolute atomic E-state index is 0.0515. The van der Waals surface area contributed by atoms with Crippen LogP contribution in [0.4, 0.5) is 28.7 Å². The number of rotatable bonds is 16. The van der Waals surface area contributed by atoms with Gasteiger partial charge in [0.2, 0.25) is 0 Å². The fraction of sp³-hybridized carbons (Fsp3) is 0.419. The van der Waals surface area contributed by atoms with Crippen molar-refractivity contribution < 1.29 is 23.4 Å². The van der Waals surface area contributed by atoms with E-state index in [4.69, 9.17) is 9.84 Å². The van der Waals surface area contributed by atoms with Gasteiger partial charge in [-0.2, -0.15) is 10.4 Å². The molecular formula is C31H41N7O5S. The number of ether oxygens (including phenoxy) is 1. The first kappa shape index (κ1) is 34.6. The lowest BCUT2D eigenvalue weighted by molar-refractivity contribution is 0.0992. The molecular weight excluding hydrogens is 582 g/mol. The zero-order valence-electron chi connectivity index (χ0n) is 25.6. The molecule has 0 radical (unpaired) electrons. The summed E-state index contributed by atoms with van der Waals surface area (Å²) in [7, 11) is -3.57.